The number of nitrogens with zero attached hydrogens (tertiary/aromatic N) is 1. The maximum absolute atomic E-state index is 12.7. The summed E-state index contributed by atoms with van der Waals surface area (Å²) in [5, 5.41) is 2.81. The highest BCUT2D eigenvalue weighted by atomic mass is 16.7. The van der Waals surface area contributed by atoms with E-state index >= 15 is 0 Å². The van der Waals surface area contributed by atoms with Crippen LogP contribution in [0, 0.1) is 5.92 Å². The van der Waals surface area contributed by atoms with E-state index in [1.165, 1.54) is 0 Å². The molecule has 0 radical (unpaired) electrons. The first-order valence-corrected chi connectivity index (χ1v) is 8.94. The maximum Gasteiger partial charge on any atom is 0.231 e. The molecular weight excluding hydrogens is 362 g/mol. The highest BCUT2D eigenvalue weighted by molar-refractivity contribution is 5.99. The highest BCUT2D eigenvalue weighted by Crippen LogP contribution is 2.38. The normalized spacial score (nSPS) is 17.7. The van der Waals surface area contributed by atoms with Gasteiger partial charge in [0.25, 0.3) is 0 Å². The largest absolute Gasteiger partial charge is 0.497 e. The fourth-order valence-electron chi connectivity index (χ4n) is 3.35. The smallest absolute Gasteiger partial charge is 0.231 e. The van der Waals surface area contributed by atoms with Crippen LogP contribution in [0.2, 0.25) is 0 Å². The molecule has 2 aromatic carbocycles. The van der Waals surface area contributed by atoms with Gasteiger partial charge in [-0.1, -0.05) is 12.1 Å². The number of fused-ring (bicyclic) bond motifs is 1. The number of benzene rings is 2. The van der Waals surface area contributed by atoms with Crippen molar-refractivity contribution >= 4 is 23.2 Å². The van der Waals surface area contributed by atoms with Gasteiger partial charge in [-0.2, -0.15) is 0 Å². The van der Waals surface area contributed by atoms with E-state index in [-0.39, 0.29) is 25.0 Å². The van der Waals surface area contributed by atoms with Crippen molar-refractivity contribution in [2.45, 2.75) is 13.0 Å². The number of likely N-dealkylation sites (tertiary alicyclic amines) is 1. The van der Waals surface area contributed by atoms with Crippen LogP contribution in [0.5, 0.6) is 17.2 Å². The van der Waals surface area contributed by atoms with Crippen molar-refractivity contribution in [1.82, 2.24) is 4.90 Å². The SMILES string of the molecule is COc1ccc(CN2CC(C(=O)Nc3cc4c(cc3N)OCO4)CC2=O)cc1. The average Bonchev–Trinajstić information content (AvgIpc) is 3.29. The average molecular weight is 383 g/mol. The fraction of sp³-hybridized carbons (Fsp3) is 0.300. The minimum Gasteiger partial charge on any atom is -0.497 e. The summed E-state index contributed by atoms with van der Waals surface area (Å²) in [5.74, 6) is 1.13. The summed E-state index contributed by atoms with van der Waals surface area (Å²) in [6.07, 6.45) is 0.173. The van der Waals surface area contributed by atoms with Crippen LogP contribution < -0.4 is 25.3 Å². The van der Waals surface area contributed by atoms with E-state index in [1.54, 1.807) is 24.1 Å². The second kappa shape index (κ2) is 7.30. The summed E-state index contributed by atoms with van der Waals surface area (Å²) in [7, 11) is 1.61. The zero-order valence-electron chi connectivity index (χ0n) is 15.4. The molecule has 0 saturated carbocycles. The number of nitrogen functional groups attached to an aromatic ring is 1. The number of carbonyl (C=O) groups is 2. The van der Waals surface area contributed by atoms with E-state index in [1.807, 2.05) is 24.3 Å². The van der Waals surface area contributed by atoms with Crippen molar-refractivity contribution in [3.63, 3.8) is 0 Å². The zero-order valence-corrected chi connectivity index (χ0v) is 15.4. The number of amides is 2. The van der Waals surface area contributed by atoms with Gasteiger partial charge in [0.05, 0.1) is 24.4 Å². The summed E-state index contributed by atoms with van der Waals surface area (Å²) < 4.78 is 15.7. The molecule has 2 heterocycles. The molecule has 0 spiro atoms. The van der Waals surface area contributed by atoms with Gasteiger partial charge in [0, 0.05) is 31.6 Å². The van der Waals surface area contributed by atoms with Gasteiger partial charge in [-0.25, -0.2) is 0 Å². The molecule has 2 amide bonds. The number of anilines is 2. The van der Waals surface area contributed by atoms with E-state index < -0.39 is 5.92 Å². The molecule has 1 fully saturated rings. The first kappa shape index (κ1) is 18.0. The minimum absolute atomic E-state index is 0.0466. The van der Waals surface area contributed by atoms with Gasteiger partial charge in [0.15, 0.2) is 11.5 Å². The Morgan fingerprint density at radius 1 is 1.25 bits per heavy atom. The lowest BCUT2D eigenvalue weighted by Gasteiger charge is -2.17. The molecular formula is C20H21N3O5. The number of hydrogen-bond donors (Lipinski definition) is 2. The van der Waals surface area contributed by atoms with Crippen LogP contribution in [0.3, 0.4) is 0 Å². The number of methoxy groups -OCH3 is 1. The van der Waals surface area contributed by atoms with Crippen LogP contribution >= 0.6 is 0 Å². The van der Waals surface area contributed by atoms with Crippen LogP contribution in [-0.2, 0) is 16.1 Å². The Kier molecular flexibility index (Phi) is 4.68. The lowest BCUT2D eigenvalue weighted by Crippen LogP contribution is -2.28. The van der Waals surface area contributed by atoms with Crippen LogP contribution in [0.25, 0.3) is 0 Å². The Morgan fingerprint density at radius 2 is 1.96 bits per heavy atom. The molecule has 3 N–H and O–H groups in total. The predicted octanol–water partition coefficient (Wildman–Crippen LogP) is 1.99. The van der Waals surface area contributed by atoms with Gasteiger partial charge in [-0.05, 0) is 17.7 Å². The number of rotatable bonds is 5. The number of carbonyl (C=O) groups excluding carboxylic acids is 2. The van der Waals surface area contributed by atoms with Gasteiger partial charge in [-0.15, -0.1) is 0 Å². The quantitative estimate of drug-likeness (QED) is 0.766. The van der Waals surface area contributed by atoms with Crippen molar-refractivity contribution in [3.8, 4) is 17.2 Å². The molecule has 8 nitrogen and oxygen atoms in total. The third kappa shape index (κ3) is 3.53. The fourth-order valence-corrected chi connectivity index (χ4v) is 3.35. The van der Waals surface area contributed by atoms with Crippen molar-refractivity contribution in [2.75, 3.05) is 31.5 Å². The van der Waals surface area contributed by atoms with Crippen LogP contribution in [0.15, 0.2) is 36.4 Å². The summed E-state index contributed by atoms with van der Waals surface area (Å²) >= 11 is 0. The van der Waals surface area contributed by atoms with Gasteiger partial charge < -0.3 is 30.2 Å². The molecule has 2 aliphatic rings. The van der Waals surface area contributed by atoms with Gasteiger partial charge in [0.1, 0.15) is 5.75 Å². The second-order valence-electron chi connectivity index (χ2n) is 6.81. The van der Waals surface area contributed by atoms with Crippen LogP contribution in [0.4, 0.5) is 11.4 Å². The van der Waals surface area contributed by atoms with E-state index in [0.717, 1.165) is 11.3 Å². The molecule has 0 aromatic heterocycles. The topological polar surface area (TPSA) is 103 Å². The third-order valence-corrected chi connectivity index (χ3v) is 4.92. The summed E-state index contributed by atoms with van der Waals surface area (Å²) in [6, 6.07) is 10.8. The number of nitrogens with two attached hydrogens (primary N) is 1. The predicted molar refractivity (Wildman–Crippen MR) is 102 cm³/mol. The van der Waals surface area contributed by atoms with Crippen molar-refractivity contribution < 1.29 is 23.8 Å². The first-order chi connectivity index (χ1) is 13.5. The number of hydrogen-bond acceptors (Lipinski definition) is 6. The number of ether oxygens (including phenoxy) is 3. The monoisotopic (exact) mass is 383 g/mol. The lowest BCUT2D eigenvalue weighted by molar-refractivity contribution is -0.128. The van der Waals surface area contributed by atoms with Gasteiger partial charge in [-0.3, -0.25) is 9.59 Å². The van der Waals surface area contributed by atoms with Crippen LogP contribution in [-0.4, -0.2) is 37.2 Å². The summed E-state index contributed by atoms with van der Waals surface area (Å²) in [6.45, 7) is 0.948. The molecule has 4 rings (SSSR count). The number of nitrogens with one attached hydrogen (secondary N) is 1. The molecule has 2 aromatic rings. The first-order valence-electron chi connectivity index (χ1n) is 8.94. The van der Waals surface area contributed by atoms with Crippen LogP contribution in [0.1, 0.15) is 12.0 Å². The Hall–Kier alpha value is -3.42. The van der Waals surface area contributed by atoms with Gasteiger partial charge in [0.2, 0.25) is 18.6 Å². The standard InChI is InChI=1S/C20H21N3O5/c1-26-14-4-2-12(3-5-14)9-23-10-13(6-19(23)24)20(25)22-16-8-18-17(7-15(16)21)27-11-28-18/h2-5,7-8,13H,6,9-11,21H2,1H3,(H,22,25). The molecule has 0 bridgehead atoms. The molecule has 28 heavy (non-hydrogen) atoms. The van der Waals surface area contributed by atoms with Gasteiger partial charge >= 0.3 is 0 Å². The van der Waals surface area contributed by atoms with Crippen molar-refractivity contribution in [1.29, 1.82) is 0 Å². The van der Waals surface area contributed by atoms with E-state index in [0.29, 0.717) is 36.0 Å². The summed E-state index contributed by atoms with van der Waals surface area (Å²) in [5.41, 5.74) is 7.80. The van der Waals surface area contributed by atoms with Crippen molar-refractivity contribution in [3.05, 3.63) is 42.0 Å². The molecule has 8 heteroatoms. The molecule has 1 unspecified atom stereocenters. The molecule has 1 saturated heterocycles. The van der Waals surface area contributed by atoms with E-state index in [9.17, 15) is 9.59 Å². The van der Waals surface area contributed by atoms with E-state index in [2.05, 4.69) is 5.32 Å². The molecule has 1 atom stereocenters. The molecule has 0 aliphatic carbocycles. The second-order valence-corrected chi connectivity index (χ2v) is 6.81. The maximum atomic E-state index is 12.7. The molecule has 2 aliphatic heterocycles. The third-order valence-electron chi connectivity index (χ3n) is 4.92. The lowest BCUT2D eigenvalue weighted by atomic mass is 10.1. The Balaban J connectivity index is 1.40. The zero-order chi connectivity index (χ0) is 19.7. The molecule has 146 valence electrons. The minimum atomic E-state index is -0.435. The van der Waals surface area contributed by atoms with E-state index in [4.69, 9.17) is 19.9 Å². The Labute approximate surface area is 162 Å². The van der Waals surface area contributed by atoms with Crippen molar-refractivity contribution in [2.24, 2.45) is 5.92 Å². The Morgan fingerprint density at radius 3 is 2.68 bits per heavy atom. The Bertz CT molecular complexity index is 913. The summed E-state index contributed by atoms with van der Waals surface area (Å²) in [4.78, 5) is 26.7. The highest BCUT2D eigenvalue weighted by Gasteiger charge is 2.34.